The predicted molar refractivity (Wildman–Crippen MR) is 76.6 cm³/mol. The molecule has 0 saturated carbocycles. The van der Waals surface area contributed by atoms with Crippen molar-refractivity contribution in [1.82, 2.24) is 4.98 Å². The van der Waals surface area contributed by atoms with Gasteiger partial charge in [-0.15, -0.1) is 0 Å². The summed E-state index contributed by atoms with van der Waals surface area (Å²) in [6, 6.07) is 3.39. The van der Waals surface area contributed by atoms with E-state index in [0.29, 0.717) is 20.6 Å². The molecule has 1 N–H and O–H groups in total. The van der Waals surface area contributed by atoms with Crippen LogP contribution in [0.25, 0.3) is 11.1 Å². The number of benzene rings is 1. The highest BCUT2D eigenvalue weighted by molar-refractivity contribution is 9.10. The molecule has 0 aliphatic rings. The molecule has 2 aromatic rings. The lowest BCUT2D eigenvalue weighted by Gasteiger charge is -2.18. The summed E-state index contributed by atoms with van der Waals surface area (Å²) in [5.41, 5.74) is 0.473. The maximum atomic E-state index is 11.6. The van der Waals surface area contributed by atoms with Gasteiger partial charge in [-0.1, -0.05) is 11.6 Å². The molecule has 0 bridgehead atoms. The second-order valence-electron chi connectivity index (χ2n) is 4.88. The average Bonchev–Trinajstić information content (AvgIpc) is 2.56. The number of halogens is 2. The Morgan fingerprint density at radius 2 is 2.16 bits per heavy atom. The molecule has 19 heavy (non-hydrogen) atoms. The predicted octanol–water partition coefficient (Wildman–Crippen LogP) is 4.59. The van der Waals surface area contributed by atoms with Crippen molar-refractivity contribution in [3.05, 3.63) is 21.6 Å². The fraction of sp³-hybridized carbons (Fsp3) is 0.333. The van der Waals surface area contributed by atoms with Crippen molar-refractivity contribution in [2.75, 3.05) is 5.32 Å². The number of rotatable bonds is 1. The van der Waals surface area contributed by atoms with Crippen molar-refractivity contribution in [2.24, 2.45) is 0 Å². The number of hydrogen-bond acceptors (Lipinski definition) is 4. The van der Waals surface area contributed by atoms with Gasteiger partial charge in [-0.05, 0) is 48.8 Å². The zero-order valence-corrected chi connectivity index (χ0v) is 12.9. The van der Waals surface area contributed by atoms with Gasteiger partial charge in [-0.25, -0.2) is 10.1 Å². The summed E-state index contributed by atoms with van der Waals surface area (Å²) < 4.78 is 11.2. The summed E-state index contributed by atoms with van der Waals surface area (Å²) in [5.74, 6) is 0. The van der Waals surface area contributed by atoms with Gasteiger partial charge >= 0.3 is 12.1 Å². The van der Waals surface area contributed by atoms with Gasteiger partial charge in [-0.3, -0.25) is 0 Å². The van der Waals surface area contributed by atoms with E-state index in [0.717, 1.165) is 0 Å². The summed E-state index contributed by atoms with van der Waals surface area (Å²) in [4.78, 5) is 15.7. The molecule has 1 aromatic heterocycles. The highest BCUT2D eigenvalue weighted by Crippen LogP contribution is 2.30. The molecular weight excluding hydrogens is 336 g/mol. The molecule has 1 heterocycles. The van der Waals surface area contributed by atoms with Crippen LogP contribution in [0.3, 0.4) is 0 Å². The van der Waals surface area contributed by atoms with Crippen molar-refractivity contribution in [3.63, 3.8) is 0 Å². The van der Waals surface area contributed by atoms with Crippen LogP contribution in [0.4, 0.5) is 10.8 Å². The smallest absolute Gasteiger partial charge is 0.415 e. The summed E-state index contributed by atoms with van der Waals surface area (Å²) in [5, 5.41) is 2.96. The number of carbonyl (C=O) groups excluding carboxylic acids is 1. The molecule has 7 heteroatoms. The molecule has 0 aliphatic carbocycles. The lowest BCUT2D eigenvalue weighted by Crippen LogP contribution is -2.27. The normalized spacial score (nSPS) is 11.6. The van der Waals surface area contributed by atoms with Crippen LogP contribution in [0.2, 0.25) is 5.02 Å². The fourth-order valence-corrected chi connectivity index (χ4v) is 2.28. The minimum atomic E-state index is -0.624. The third-order valence-electron chi connectivity index (χ3n) is 2.02. The Labute approximate surface area is 123 Å². The summed E-state index contributed by atoms with van der Waals surface area (Å²) in [7, 11) is 0. The van der Waals surface area contributed by atoms with Crippen molar-refractivity contribution in [3.8, 4) is 0 Å². The maximum Gasteiger partial charge on any atom is 0.415 e. The van der Waals surface area contributed by atoms with Crippen LogP contribution in [-0.2, 0) is 4.74 Å². The molecule has 0 fully saturated rings. The van der Waals surface area contributed by atoms with Crippen molar-refractivity contribution in [2.45, 2.75) is 26.4 Å². The molecule has 0 atom stereocenters. The molecule has 102 valence electrons. The molecule has 0 radical (unpaired) electrons. The van der Waals surface area contributed by atoms with E-state index in [1.807, 2.05) is 0 Å². The number of oxazole rings is 1. The molecule has 2 rings (SSSR count). The number of fused-ring (bicyclic) bond motifs is 1. The number of amides is 1. The summed E-state index contributed by atoms with van der Waals surface area (Å²) in [6.07, 6.45) is -0.624. The van der Waals surface area contributed by atoms with Gasteiger partial charge < -0.3 is 9.15 Å². The fourth-order valence-electron chi connectivity index (χ4n) is 1.40. The van der Waals surface area contributed by atoms with Gasteiger partial charge in [0.05, 0.1) is 4.47 Å². The van der Waals surface area contributed by atoms with E-state index in [4.69, 9.17) is 20.8 Å². The van der Waals surface area contributed by atoms with Crippen molar-refractivity contribution >= 4 is 50.7 Å². The number of ether oxygens (including phenoxy) is 1. The third-order valence-corrected chi connectivity index (χ3v) is 2.82. The van der Waals surface area contributed by atoms with E-state index in [2.05, 4.69) is 26.2 Å². The number of hydrogen-bond donors (Lipinski definition) is 1. The Balaban J connectivity index is 2.23. The second-order valence-corrected chi connectivity index (χ2v) is 6.17. The second kappa shape index (κ2) is 5.02. The number of nitrogens with zero attached hydrogens (tertiary/aromatic N) is 1. The van der Waals surface area contributed by atoms with Gasteiger partial charge in [0.15, 0.2) is 5.58 Å². The standard InChI is InChI=1S/C12H12BrClN2O3/c1-12(2,3)19-11(17)16-10-15-8-5-6(14)4-7(13)9(8)18-10/h4-5H,1-3H3,(H,15,16,17). The topological polar surface area (TPSA) is 64.4 Å². The monoisotopic (exact) mass is 346 g/mol. The summed E-state index contributed by atoms with van der Waals surface area (Å²) >= 11 is 9.22. The van der Waals surface area contributed by atoms with Crippen LogP contribution in [-0.4, -0.2) is 16.7 Å². The molecule has 0 saturated heterocycles. The maximum absolute atomic E-state index is 11.6. The minimum Gasteiger partial charge on any atom is -0.443 e. The number of anilines is 1. The van der Waals surface area contributed by atoms with Crippen molar-refractivity contribution in [1.29, 1.82) is 0 Å². The Bertz CT molecular complexity index is 634. The largest absolute Gasteiger partial charge is 0.443 e. The Morgan fingerprint density at radius 3 is 2.79 bits per heavy atom. The number of carbonyl (C=O) groups is 1. The van der Waals surface area contributed by atoms with E-state index < -0.39 is 11.7 Å². The molecule has 1 aromatic carbocycles. The van der Waals surface area contributed by atoms with Gasteiger partial charge in [0.25, 0.3) is 0 Å². The lowest BCUT2D eigenvalue weighted by molar-refractivity contribution is 0.0632. The van der Waals surface area contributed by atoms with Crippen molar-refractivity contribution < 1.29 is 13.9 Å². The first kappa shape index (κ1) is 14.1. The van der Waals surface area contributed by atoms with E-state index >= 15 is 0 Å². The highest BCUT2D eigenvalue weighted by atomic mass is 79.9. The Hall–Kier alpha value is -1.27. The van der Waals surface area contributed by atoms with Crippen LogP contribution in [0.1, 0.15) is 20.8 Å². The first-order valence-corrected chi connectivity index (χ1v) is 6.67. The molecule has 5 nitrogen and oxygen atoms in total. The molecule has 1 amide bonds. The van der Waals surface area contributed by atoms with E-state index in [1.54, 1.807) is 32.9 Å². The zero-order chi connectivity index (χ0) is 14.2. The van der Waals surface area contributed by atoms with Gasteiger partial charge in [0, 0.05) is 5.02 Å². The van der Waals surface area contributed by atoms with Crippen LogP contribution in [0.15, 0.2) is 21.0 Å². The minimum absolute atomic E-state index is 0.0622. The van der Waals surface area contributed by atoms with Crippen LogP contribution < -0.4 is 5.32 Å². The van der Waals surface area contributed by atoms with Crippen LogP contribution in [0, 0.1) is 0 Å². The first-order chi connectivity index (χ1) is 8.74. The molecular formula is C12H12BrClN2O3. The van der Waals surface area contributed by atoms with E-state index in [9.17, 15) is 4.79 Å². The van der Waals surface area contributed by atoms with E-state index in [1.165, 1.54) is 0 Å². The van der Waals surface area contributed by atoms with Gasteiger partial charge in [0.1, 0.15) is 11.1 Å². The molecule has 0 spiro atoms. The first-order valence-electron chi connectivity index (χ1n) is 5.50. The zero-order valence-electron chi connectivity index (χ0n) is 10.6. The van der Waals surface area contributed by atoms with Crippen LogP contribution in [0.5, 0.6) is 0 Å². The highest BCUT2D eigenvalue weighted by Gasteiger charge is 2.18. The lowest BCUT2D eigenvalue weighted by atomic mass is 10.2. The molecule has 0 aliphatic heterocycles. The summed E-state index contributed by atoms with van der Waals surface area (Å²) in [6.45, 7) is 5.32. The average molecular weight is 348 g/mol. The third kappa shape index (κ3) is 3.61. The van der Waals surface area contributed by atoms with Gasteiger partial charge in [0.2, 0.25) is 0 Å². The Morgan fingerprint density at radius 1 is 1.47 bits per heavy atom. The Kier molecular flexibility index (Phi) is 3.73. The van der Waals surface area contributed by atoms with Gasteiger partial charge in [-0.2, -0.15) is 4.98 Å². The molecule has 0 unspecified atom stereocenters. The van der Waals surface area contributed by atoms with E-state index in [-0.39, 0.29) is 6.01 Å². The number of aromatic nitrogens is 1. The quantitative estimate of drug-likeness (QED) is 0.819. The SMILES string of the molecule is CC(C)(C)OC(=O)Nc1nc2cc(Cl)cc(Br)c2o1. The number of nitrogens with one attached hydrogen (secondary N) is 1. The van der Waals surface area contributed by atoms with Crippen LogP contribution >= 0.6 is 27.5 Å².